The van der Waals surface area contributed by atoms with Gasteiger partial charge in [-0.1, -0.05) is 30.3 Å². The van der Waals surface area contributed by atoms with E-state index in [-0.39, 0.29) is 11.8 Å². The van der Waals surface area contributed by atoms with Gasteiger partial charge in [-0.2, -0.15) is 0 Å². The summed E-state index contributed by atoms with van der Waals surface area (Å²) < 4.78 is 0. The minimum Gasteiger partial charge on any atom is -0.368 e. The van der Waals surface area contributed by atoms with E-state index in [9.17, 15) is 4.79 Å². The van der Waals surface area contributed by atoms with Gasteiger partial charge in [0, 0.05) is 31.9 Å². The molecule has 1 amide bonds. The van der Waals surface area contributed by atoms with Crippen LogP contribution >= 0.6 is 11.6 Å². The number of halogens is 1. The third kappa shape index (κ3) is 2.59. The predicted molar refractivity (Wildman–Crippen MR) is 83.5 cm³/mol. The summed E-state index contributed by atoms with van der Waals surface area (Å²) in [5.74, 6) is 0.112. The lowest BCUT2D eigenvalue weighted by Crippen LogP contribution is -2.49. The second-order valence-electron chi connectivity index (χ2n) is 5.03. The van der Waals surface area contributed by atoms with Crippen LogP contribution in [0.3, 0.4) is 0 Å². The van der Waals surface area contributed by atoms with Crippen LogP contribution in [0.5, 0.6) is 0 Å². The van der Waals surface area contributed by atoms with Gasteiger partial charge in [0.05, 0.1) is 0 Å². The lowest BCUT2D eigenvalue weighted by atomic mass is 10.1. The highest BCUT2D eigenvalue weighted by molar-refractivity contribution is 6.27. The molecule has 1 fully saturated rings. The number of anilines is 1. The van der Waals surface area contributed by atoms with Gasteiger partial charge in [-0.3, -0.25) is 4.79 Å². The predicted octanol–water partition coefficient (Wildman–Crippen LogP) is 2.73. The molecule has 1 aliphatic rings. The number of carbonyl (C=O) groups is 1. The average molecular weight is 289 g/mol. The zero-order chi connectivity index (χ0) is 13.9. The zero-order valence-corrected chi connectivity index (χ0v) is 12.0. The van der Waals surface area contributed by atoms with E-state index in [4.69, 9.17) is 11.6 Å². The lowest BCUT2D eigenvalue weighted by Gasteiger charge is -2.36. The third-order valence-corrected chi connectivity index (χ3v) is 4.07. The molecule has 0 unspecified atom stereocenters. The Morgan fingerprint density at radius 2 is 1.70 bits per heavy atom. The van der Waals surface area contributed by atoms with Gasteiger partial charge >= 0.3 is 0 Å². The summed E-state index contributed by atoms with van der Waals surface area (Å²) in [7, 11) is 0. The number of amides is 1. The Hall–Kier alpha value is -1.74. The van der Waals surface area contributed by atoms with Crippen molar-refractivity contribution in [1.82, 2.24) is 4.90 Å². The van der Waals surface area contributed by atoms with E-state index in [0.717, 1.165) is 26.2 Å². The normalized spacial score (nSPS) is 15.7. The molecule has 3 nitrogen and oxygen atoms in total. The van der Waals surface area contributed by atoms with Crippen molar-refractivity contribution in [2.45, 2.75) is 0 Å². The molecule has 0 atom stereocenters. The Bertz CT molecular complexity index is 621. The van der Waals surface area contributed by atoms with E-state index in [1.807, 2.05) is 4.90 Å². The SMILES string of the molecule is O=C(CCl)N1CCN(c2ccc3ccccc3c2)CC1. The van der Waals surface area contributed by atoms with Crippen LogP contribution < -0.4 is 4.90 Å². The molecule has 0 spiro atoms. The van der Waals surface area contributed by atoms with Crippen LogP contribution in [0.1, 0.15) is 0 Å². The molecule has 0 aromatic heterocycles. The maximum atomic E-state index is 11.6. The van der Waals surface area contributed by atoms with Gasteiger partial charge < -0.3 is 9.80 Å². The average Bonchev–Trinajstić information content (AvgIpc) is 2.54. The van der Waals surface area contributed by atoms with Crippen LogP contribution in [-0.4, -0.2) is 42.9 Å². The summed E-state index contributed by atoms with van der Waals surface area (Å²) in [4.78, 5) is 15.7. The van der Waals surface area contributed by atoms with E-state index in [1.54, 1.807) is 0 Å². The molecule has 2 aromatic rings. The number of carbonyl (C=O) groups excluding carboxylic acids is 1. The molecule has 0 saturated carbocycles. The lowest BCUT2D eigenvalue weighted by molar-refractivity contribution is -0.128. The minimum atomic E-state index is 0.0322. The minimum absolute atomic E-state index is 0.0322. The van der Waals surface area contributed by atoms with E-state index < -0.39 is 0 Å². The van der Waals surface area contributed by atoms with Crippen LogP contribution in [0.25, 0.3) is 10.8 Å². The van der Waals surface area contributed by atoms with Crippen LogP contribution in [0.2, 0.25) is 0 Å². The van der Waals surface area contributed by atoms with Crippen molar-refractivity contribution in [1.29, 1.82) is 0 Å². The first-order valence-electron chi connectivity index (χ1n) is 6.85. The fourth-order valence-corrected chi connectivity index (χ4v) is 2.84. The molecule has 0 radical (unpaired) electrons. The first-order chi connectivity index (χ1) is 9.78. The molecule has 4 heteroatoms. The molecule has 1 saturated heterocycles. The molecular formula is C16H17ClN2O. The van der Waals surface area contributed by atoms with Gasteiger partial charge in [0.1, 0.15) is 5.88 Å². The molecular weight excluding hydrogens is 272 g/mol. The van der Waals surface area contributed by atoms with Crippen molar-refractivity contribution in [3.05, 3.63) is 42.5 Å². The van der Waals surface area contributed by atoms with Crippen molar-refractivity contribution < 1.29 is 4.79 Å². The Balaban J connectivity index is 1.75. The molecule has 1 aliphatic heterocycles. The van der Waals surface area contributed by atoms with Crippen molar-refractivity contribution >= 4 is 34.0 Å². The highest BCUT2D eigenvalue weighted by Gasteiger charge is 2.20. The number of alkyl halides is 1. The Morgan fingerprint density at radius 3 is 2.40 bits per heavy atom. The fraction of sp³-hybridized carbons (Fsp3) is 0.312. The Kier molecular flexibility index (Phi) is 3.79. The second kappa shape index (κ2) is 5.71. The van der Waals surface area contributed by atoms with Gasteiger partial charge in [-0.05, 0) is 22.9 Å². The van der Waals surface area contributed by atoms with Crippen LogP contribution in [-0.2, 0) is 4.79 Å². The summed E-state index contributed by atoms with van der Waals surface area (Å²) in [5, 5.41) is 2.51. The van der Waals surface area contributed by atoms with Crippen LogP contribution in [0.4, 0.5) is 5.69 Å². The van der Waals surface area contributed by atoms with Crippen molar-refractivity contribution in [2.24, 2.45) is 0 Å². The van der Waals surface area contributed by atoms with Gasteiger partial charge in [-0.15, -0.1) is 11.6 Å². The van der Waals surface area contributed by atoms with E-state index in [1.165, 1.54) is 16.5 Å². The van der Waals surface area contributed by atoms with E-state index in [2.05, 4.69) is 47.4 Å². The van der Waals surface area contributed by atoms with Crippen molar-refractivity contribution in [3.63, 3.8) is 0 Å². The molecule has 0 N–H and O–H groups in total. The van der Waals surface area contributed by atoms with Crippen LogP contribution in [0, 0.1) is 0 Å². The quantitative estimate of drug-likeness (QED) is 0.794. The first kappa shape index (κ1) is 13.3. The molecule has 0 aliphatic carbocycles. The zero-order valence-electron chi connectivity index (χ0n) is 11.3. The molecule has 1 heterocycles. The summed E-state index contributed by atoms with van der Waals surface area (Å²) in [5.41, 5.74) is 1.22. The van der Waals surface area contributed by atoms with Crippen molar-refractivity contribution in [3.8, 4) is 0 Å². The largest absolute Gasteiger partial charge is 0.368 e. The van der Waals surface area contributed by atoms with Crippen LogP contribution in [0.15, 0.2) is 42.5 Å². The highest BCUT2D eigenvalue weighted by Crippen LogP contribution is 2.23. The van der Waals surface area contributed by atoms with Gasteiger partial charge in [-0.25, -0.2) is 0 Å². The smallest absolute Gasteiger partial charge is 0.237 e. The maximum Gasteiger partial charge on any atom is 0.237 e. The summed E-state index contributed by atoms with van der Waals surface area (Å²) in [6.45, 7) is 3.22. The number of hydrogen-bond acceptors (Lipinski definition) is 2. The van der Waals surface area contributed by atoms with Gasteiger partial charge in [0.15, 0.2) is 0 Å². The molecule has 104 valence electrons. The Labute approximate surface area is 123 Å². The van der Waals surface area contributed by atoms with Crippen molar-refractivity contribution in [2.75, 3.05) is 37.0 Å². The molecule has 20 heavy (non-hydrogen) atoms. The molecule has 2 aromatic carbocycles. The standard InChI is InChI=1S/C16H17ClN2O/c17-12-16(20)19-9-7-18(8-10-19)15-6-5-13-3-1-2-4-14(13)11-15/h1-6,11H,7-10,12H2. The summed E-state index contributed by atoms with van der Waals surface area (Å²) in [6, 6.07) is 14.9. The number of benzene rings is 2. The number of piperazine rings is 1. The molecule has 0 bridgehead atoms. The van der Waals surface area contributed by atoms with Gasteiger partial charge in [0.25, 0.3) is 0 Å². The third-order valence-electron chi connectivity index (χ3n) is 3.84. The summed E-state index contributed by atoms with van der Waals surface area (Å²) in [6.07, 6.45) is 0. The Morgan fingerprint density at radius 1 is 1.00 bits per heavy atom. The highest BCUT2D eigenvalue weighted by atomic mass is 35.5. The van der Waals surface area contributed by atoms with Gasteiger partial charge in [0.2, 0.25) is 5.91 Å². The number of nitrogens with zero attached hydrogens (tertiary/aromatic N) is 2. The summed E-state index contributed by atoms with van der Waals surface area (Å²) >= 11 is 5.60. The number of fused-ring (bicyclic) bond motifs is 1. The maximum absolute atomic E-state index is 11.6. The van der Waals surface area contributed by atoms with E-state index in [0.29, 0.717) is 0 Å². The topological polar surface area (TPSA) is 23.6 Å². The molecule has 3 rings (SSSR count). The monoisotopic (exact) mass is 288 g/mol. The number of hydrogen-bond donors (Lipinski definition) is 0. The fourth-order valence-electron chi connectivity index (χ4n) is 2.67. The second-order valence-corrected chi connectivity index (χ2v) is 5.30. The first-order valence-corrected chi connectivity index (χ1v) is 7.39. The van der Waals surface area contributed by atoms with E-state index >= 15 is 0 Å². The number of rotatable bonds is 2.